The summed E-state index contributed by atoms with van der Waals surface area (Å²) in [5, 5.41) is 1.04. The first kappa shape index (κ1) is 13.8. The van der Waals surface area contributed by atoms with Crippen molar-refractivity contribution < 1.29 is 4.74 Å². The van der Waals surface area contributed by atoms with Gasteiger partial charge in [-0.3, -0.25) is 0 Å². The molecular formula is C13H23N3OS. The standard InChI is InChI=1S/C13H23N3OS/c1-9(14)12-10(2)15-13(18-12)16(3)6-7-17-8-11-4-5-11/h9,11H,4-8,14H2,1-3H3. The van der Waals surface area contributed by atoms with Gasteiger partial charge in [0, 0.05) is 31.1 Å². The zero-order valence-electron chi connectivity index (χ0n) is 11.5. The zero-order valence-corrected chi connectivity index (χ0v) is 12.3. The van der Waals surface area contributed by atoms with Gasteiger partial charge in [0.1, 0.15) is 0 Å². The Morgan fingerprint density at radius 2 is 2.28 bits per heavy atom. The van der Waals surface area contributed by atoms with E-state index in [1.807, 2.05) is 13.8 Å². The molecule has 1 heterocycles. The van der Waals surface area contributed by atoms with E-state index in [0.717, 1.165) is 36.5 Å². The van der Waals surface area contributed by atoms with Gasteiger partial charge in [-0.2, -0.15) is 0 Å². The van der Waals surface area contributed by atoms with Gasteiger partial charge in [0.25, 0.3) is 0 Å². The number of aromatic nitrogens is 1. The van der Waals surface area contributed by atoms with Crippen LogP contribution in [0.4, 0.5) is 5.13 Å². The van der Waals surface area contributed by atoms with Gasteiger partial charge in [0.05, 0.1) is 12.3 Å². The van der Waals surface area contributed by atoms with Crippen LogP contribution in [0.15, 0.2) is 0 Å². The van der Waals surface area contributed by atoms with E-state index in [9.17, 15) is 0 Å². The molecule has 1 aromatic rings. The summed E-state index contributed by atoms with van der Waals surface area (Å²) in [7, 11) is 2.06. The fourth-order valence-corrected chi connectivity index (χ4v) is 2.82. The van der Waals surface area contributed by atoms with E-state index in [2.05, 4.69) is 16.9 Å². The monoisotopic (exact) mass is 269 g/mol. The molecule has 0 radical (unpaired) electrons. The lowest BCUT2D eigenvalue weighted by Gasteiger charge is -2.15. The molecule has 5 heteroatoms. The highest BCUT2D eigenvalue weighted by atomic mass is 32.1. The highest BCUT2D eigenvalue weighted by Crippen LogP contribution is 2.30. The summed E-state index contributed by atoms with van der Waals surface area (Å²) in [6.45, 7) is 6.62. The molecule has 1 atom stereocenters. The van der Waals surface area contributed by atoms with E-state index in [4.69, 9.17) is 10.5 Å². The number of anilines is 1. The minimum atomic E-state index is 0.0655. The normalized spacial score (nSPS) is 16.9. The second-order valence-corrected chi connectivity index (χ2v) is 6.18. The fourth-order valence-electron chi connectivity index (χ4n) is 1.81. The average molecular weight is 269 g/mol. The number of likely N-dealkylation sites (N-methyl/N-ethyl adjacent to an activating group) is 1. The summed E-state index contributed by atoms with van der Waals surface area (Å²) >= 11 is 1.69. The number of hydrogen-bond donors (Lipinski definition) is 1. The maximum Gasteiger partial charge on any atom is 0.185 e. The van der Waals surface area contributed by atoms with E-state index in [0.29, 0.717) is 0 Å². The Kier molecular flexibility index (Phi) is 4.59. The minimum absolute atomic E-state index is 0.0655. The smallest absolute Gasteiger partial charge is 0.185 e. The van der Waals surface area contributed by atoms with Crippen molar-refractivity contribution in [3.8, 4) is 0 Å². The van der Waals surface area contributed by atoms with Gasteiger partial charge in [0.15, 0.2) is 5.13 Å². The first-order chi connectivity index (χ1) is 8.58. The van der Waals surface area contributed by atoms with Gasteiger partial charge in [0.2, 0.25) is 0 Å². The van der Waals surface area contributed by atoms with Gasteiger partial charge in [-0.05, 0) is 32.6 Å². The third-order valence-corrected chi connectivity index (χ3v) is 4.66. The van der Waals surface area contributed by atoms with Crippen molar-refractivity contribution in [2.45, 2.75) is 32.7 Å². The van der Waals surface area contributed by atoms with Crippen molar-refractivity contribution in [1.29, 1.82) is 0 Å². The van der Waals surface area contributed by atoms with Gasteiger partial charge < -0.3 is 15.4 Å². The lowest BCUT2D eigenvalue weighted by molar-refractivity contribution is 0.131. The van der Waals surface area contributed by atoms with Crippen LogP contribution in [0.1, 0.15) is 36.4 Å². The Hall–Kier alpha value is -0.650. The van der Waals surface area contributed by atoms with Crippen LogP contribution in [0.25, 0.3) is 0 Å². The van der Waals surface area contributed by atoms with Crippen molar-refractivity contribution in [3.05, 3.63) is 10.6 Å². The molecule has 1 aliphatic rings. The molecule has 1 saturated carbocycles. The van der Waals surface area contributed by atoms with Crippen molar-refractivity contribution in [3.63, 3.8) is 0 Å². The molecule has 0 spiro atoms. The van der Waals surface area contributed by atoms with Crippen LogP contribution in [0, 0.1) is 12.8 Å². The van der Waals surface area contributed by atoms with E-state index in [-0.39, 0.29) is 6.04 Å². The van der Waals surface area contributed by atoms with E-state index in [1.165, 1.54) is 17.7 Å². The number of thiazole rings is 1. The third kappa shape index (κ3) is 3.67. The lowest BCUT2D eigenvalue weighted by Crippen LogP contribution is -2.22. The van der Waals surface area contributed by atoms with Crippen LogP contribution < -0.4 is 10.6 Å². The molecule has 1 fully saturated rings. The van der Waals surface area contributed by atoms with Crippen molar-refractivity contribution >= 4 is 16.5 Å². The van der Waals surface area contributed by atoms with Crippen molar-refractivity contribution in [2.75, 3.05) is 31.7 Å². The second-order valence-electron chi connectivity index (χ2n) is 5.17. The topological polar surface area (TPSA) is 51.4 Å². The summed E-state index contributed by atoms with van der Waals surface area (Å²) in [5.74, 6) is 0.835. The molecule has 0 aliphatic heterocycles. The molecule has 0 amide bonds. The summed E-state index contributed by atoms with van der Waals surface area (Å²) < 4.78 is 5.64. The summed E-state index contributed by atoms with van der Waals surface area (Å²) in [4.78, 5) is 7.89. The molecule has 2 rings (SSSR count). The number of aryl methyl sites for hydroxylation is 1. The highest BCUT2D eigenvalue weighted by Gasteiger charge is 2.21. The van der Waals surface area contributed by atoms with Crippen LogP contribution in [0.5, 0.6) is 0 Å². The van der Waals surface area contributed by atoms with E-state index in [1.54, 1.807) is 11.3 Å². The predicted molar refractivity (Wildman–Crippen MR) is 76.3 cm³/mol. The Labute approximate surface area is 113 Å². The zero-order chi connectivity index (χ0) is 13.1. The summed E-state index contributed by atoms with van der Waals surface area (Å²) in [5.41, 5.74) is 6.97. The number of ether oxygens (including phenoxy) is 1. The first-order valence-electron chi connectivity index (χ1n) is 6.59. The lowest BCUT2D eigenvalue weighted by atomic mass is 10.2. The molecule has 4 nitrogen and oxygen atoms in total. The Bertz CT molecular complexity index is 388. The van der Waals surface area contributed by atoms with Gasteiger partial charge in [-0.25, -0.2) is 4.98 Å². The van der Waals surface area contributed by atoms with Crippen molar-refractivity contribution in [2.24, 2.45) is 11.7 Å². The molecule has 18 heavy (non-hydrogen) atoms. The van der Waals surface area contributed by atoms with Gasteiger partial charge in [-0.1, -0.05) is 0 Å². The molecule has 0 aromatic carbocycles. The number of rotatable bonds is 7. The average Bonchev–Trinajstić information content (AvgIpc) is 3.05. The fraction of sp³-hybridized carbons (Fsp3) is 0.769. The Morgan fingerprint density at radius 1 is 1.56 bits per heavy atom. The third-order valence-electron chi connectivity index (χ3n) is 3.18. The molecule has 0 saturated heterocycles. The molecular weight excluding hydrogens is 246 g/mol. The van der Waals surface area contributed by atoms with Crippen LogP contribution >= 0.6 is 11.3 Å². The Morgan fingerprint density at radius 3 is 2.83 bits per heavy atom. The SMILES string of the molecule is Cc1nc(N(C)CCOCC2CC2)sc1C(C)N. The summed E-state index contributed by atoms with van der Waals surface area (Å²) in [6.07, 6.45) is 2.69. The predicted octanol–water partition coefficient (Wildman–Crippen LogP) is 2.33. The van der Waals surface area contributed by atoms with E-state index < -0.39 is 0 Å². The number of nitrogens with two attached hydrogens (primary N) is 1. The van der Waals surface area contributed by atoms with Gasteiger partial charge >= 0.3 is 0 Å². The van der Waals surface area contributed by atoms with Crippen LogP contribution in [-0.2, 0) is 4.74 Å². The van der Waals surface area contributed by atoms with Gasteiger partial charge in [-0.15, -0.1) is 11.3 Å². The van der Waals surface area contributed by atoms with E-state index >= 15 is 0 Å². The van der Waals surface area contributed by atoms with Crippen LogP contribution in [-0.4, -0.2) is 31.8 Å². The highest BCUT2D eigenvalue weighted by molar-refractivity contribution is 7.15. The molecule has 0 bridgehead atoms. The maximum absolute atomic E-state index is 5.92. The molecule has 1 aliphatic carbocycles. The maximum atomic E-state index is 5.92. The molecule has 2 N–H and O–H groups in total. The molecule has 102 valence electrons. The Balaban J connectivity index is 1.79. The van der Waals surface area contributed by atoms with Crippen LogP contribution in [0.3, 0.4) is 0 Å². The summed E-state index contributed by atoms with van der Waals surface area (Å²) in [6, 6.07) is 0.0655. The first-order valence-corrected chi connectivity index (χ1v) is 7.41. The second kappa shape index (κ2) is 5.99. The number of nitrogens with zero attached hydrogens (tertiary/aromatic N) is 2. The number of hydrogen-bond acceptors (Lipinski definition) is 5. The van der Waals surface area contributed by atoms with Crippen molar-refractivity contribution in [1.82, 2.24) is 4.98 Å². The largest absolute Gasteiger partial charge is 0.379 e. The molecule has 1 unspecified atom stereocenters. The van der Waals surface area contributed by atoms with Crippen LogP contribution in [0.2, 0.25) is 0 Å². The minimum Gasteiger partial charge on any atom is -0.379 e. The quantitative estimate of drug-likeness (QED) is 0.772. The molecule has 1 aromatic heterocycles.